The summed E-state index contributed by atoms with van der Waals surface area (Å²) in [6.45, 7) is 1.78. The molecule has 0 aliphatic rings. The molecule has 0 radical (unpaired) electrons. The molecule has 0 saturated carbocycles. The van der Waals surface area contributed by atoms with Crippen LogP contribution in [0.5, 0.6) is 0 Å². The molecular formula is C10H8Cl2N4O2. The largest absolute Gasteiger partial charge is 0.382 e. The van der Waals surface area contributed by atoms with Gasteiger partial charge in [-0.15, -0.1) is 0 Å². The second kappa shape index (κ2) is 4.47. The van der Waals surface area contributed by atoms with Crippen LogP contribution in [0.25, 0.3) is 5.69 Å². The Morgan fingerprint density at radius 3 is 2.33 bits per heavy atom. The maximum atomic E-state index is 10.7. The third-order valence-electron chi connectivity index (χ3n) is 2.38. The zero-order valence-electron chi connectivity index (χ0n) is 9.22. The standard InChI is InChI=1S/C10H8Cl2N4O2/c1-5-4-15(14-10(5)13)9-7(11)2-6(16(17)18)3-8(9)12/h2-4H,1H3,(H2,13,14). The number of nitrogens with zero attached hydrogens (tertiary/aromatic N) is 3. The molecule has 2 aromatic rings. The zero-order valence-corrected chi connectivity index (χ0v) is 10.7. The Morgan fingerprint density at radius 2 is 1.94 bits per heavy atom. The van der Waals surface area contributed by atoms with Crippen LogP contribution >= 0.6 is 23.2 Å². The van der Waals surface area contributed by atoms with E-state index in [9.17, 15) is 10.1 Å². The van der Waals surface area contributed by atoms with E-state index in [4.69, 9.17) is 28.9 Å². The van der Waals surface area contributed by atoms with E-state index in [-0.39, 0.29) is 15.7 Å². The molecule has 0 aliphatic carbocycles. The number of anilines is 1. The number of benzene rings is 1. The minimum Gasteiger partial charge on any atom is -0.382 e. The number of hydrogen-bond acceptors (Lipinski definition) is 4. The second-order valence-corrected chi connectivity index (χ2v) is 4.47. The van der Waals surface area contributed by atoms with E-state index in [0.717, 1.165) is 5.56 Å². The van der Waals surface area contributed by atoms with Gasteiger partial charge in [0, 0.05) is 23.9 Å². The minimum absolute atomic E-state index is 0.136. The van der Waals surface area contributed by atoms with Crippen LogP contribution in [0.2, 0.25) is 10.0 Å². The molecule has 0 amide bonds. The van der Waals surface area contributed by atoms with Gasteiger partial charge in [-0.3, -0.25) is 10.1 Å². The van der Waals surface area contributed by atoms with E-state index >= 15 is 0 Å². The van der Waals surface area contributed by atoms with Gasteiger partial charge in [-0.1, -0.05) is 23.2 Å². The van der Waals surface area contributed by atoms with Gasteiger partial charge < -0.3 is 5.73 Å². The second-order valence-electron chi connectivity index (χ2n) is 3.66. The Bertz CT molecular complexity index is 596. The molecule has 8 heteroatoms. The number of hydrogen-bond donors (Lipinski definition) is 1. The van der Waals surface area contributed by atoms with Crippen LogP contribution in [0, 0.1) is 17.0 Å². The van der Waals surface area contributed by atoms with Crippen molar-refractivity contribution in [3.05, 3.63) is 44.1 Å². The average molecular weight is 287 g/mol. The summed E-state index contributed by atoms with van der Waals surface area (Å²) in [6.07, 6.45) is 1.65. The summed E-state index contributed by atoms with van der Waals surface area (Å²) in [6, 6.07) is 2.44. The molecule has 6 nitrogen and oxygen atoms in total. The number of nitro benzene ring substituents is 1. The fourth-order valence-corrected chi connectivity index (χ4v) is 2.11. The first-order valence-corrected chi connectivity index (χ1v) is 5.61. The maximum absolute atomic E-state index is 10.7. The summed E-state index contributed by atoms with van der Waals surface area (Å²) >= 11 is 12.0. The van der Waals surface area contributed by atoms with Gasteiger partial charge in [0.2, 0.25) is 0 Å². The van der Waals surface area contributed by atoms with Crippen molar-refractivity contribution < 1.29 is 4.92 Å². The van der Waals surface area contributed by atoms with Crippen molar-refractivity contribution in [3.63, 3.8) is 0 Å². The number of nitrogen functional groups attached to an aromatic ring is 1. The van der Waals surface area contributed by atoms with E-state index in [1.54, 1.807) is 13.1 Å². The third-order valence-corrected chi connectivity index (χ3v) is 2.95. The lowest BCUT2D eigenvalue weighted by Gasteiger charge is -2.06. The molecule has 1 aromatic heterocycles. The predicted molar refractivity (Wildman–Crippen MR) is 69.4 cm³/mol. The quantitative estimate of drug-likeness (QED) is 0.679. The van der Waals surface area contributed by atoms with Gasteiger partial charge >= 0.3 is 0 Å². The number of non-ortho nitro benzene ring substituents is 1. The number of aryl methyl sites for hydroxylation is 1. The van der Waals surface area contributed by atoms with E-state index in [0.29, 0.717) is 11.5 Å². The Balaban J connectivity index is 2.62. The number of aromatic nitrogens is 2. The summed E-state index contributed by atoms with van der Waals surface area (Å²) in [4.78, 5) is 10.1. The monoisotopic (exact) mass is 286 g/mol. The lowest BCUT2D eigenvalue weighted by molar-refractivity contribution is -0.384. The highest BCUT2D eigenvalue weighted by Gasteiger charge is 2.17. The summed E-state index contributed by atoms with van der Waals surface area (Å²) < 4.78 is 1.40. The van der Waals surface area contributed by atoms with Gasteiger partial charge in [-0.05, 0) is 6.92 Å². The fourth-order valence-electron chi connectivity index (χ4n) is 1.46. The number of nitrogens with two attached hydrogens (primary N) is 1. The summed E-state index contributed by atoms with van der Waals surface area (Å²) in [5.41, 5.74) is 6.58. The highest BCUT2D eigenvalue weighted by molar-refractivity contribution is 6.38. The Kier molecular flexibility index (Phi) is 3.14. The van der Waals surface area contributed by atoms with Crippen molar-refractivity contribution in [2.45, 2.75) is 6.92 Å². The molecule has 18 heavy (non-hydrogen) atoms. The fraction of sp³-hybridized carbons (Fsp3) is 0.100. The molecular weight excluding hydrogens is 279 g/mol. The van der Waals surface area contributed by atoms with Crippen molar-refractivity contribution in [2.75, 3.05) is 5.73 Å². The molecule has 2 N–H and O–H groups in total. The number of nitro groups is 1. The first kappa shape index (κ1) is 12.7. The molecule has 0 saturated heterocycles. The Labute approximate surface area is 112 Å². The molecule has 0 aliphatic heterocycles. The summed E-state index contributed by atoms with van der Waals surface area (Å²) in [7, 11) is 0. The van der Waals surface area contributed by atoms with Crippen molar-refractivity contribution in [2.24, 2.45) is 0 Å². The number of rotatable bonds is 2. The predicted octanol–water partition coefficient (Wildman–Crippen LogP) is 2.98. The van der Waals surface area contributed by atoms with Crippen LogP contribution < -0.4 is 5.73 Å². The normalized spacial score (nSPS) is 10.6. The maximum Gasteiger partial charge on any atom is 0.272 e. The van der Waals surface area contributed by atoms with Gasteiger partial charge in [0.1, 0.15) is 11.5 Å². The molecule has 0 bridgehead atoms. The van der Waals surface area contributed by atoms with Crippen LogP contribution in [0.3, 0.4) is 0 Å². The minimum atomic E-state index is -0.565. The van der Waals surface area contributed by atoms with Crippen molar-refractivity contribution >= 4 is 34.7 Å². The smallest absolute Gasteiger partial charge is 0.272 e. The first-order valence-electron chi connectivity index (χ1n) is 4.85. The van der Waals surface area contributed by atoms with E-state index < -0.39 is 4.92 Å². The molecule has 0 unspecified atom stereocenters. The van der Waals surface area contributed by atoms with E-state index in [1.807, 2.05) is 0 Å². The third kappa shape index (κ3) is 2.12. The van der Waals surface area contributed by atoms with Crippen molar-refractivity contribution in [1.82, 2.24) is 9.78 Å². The van der Waals surface area contributed by atoms with Crippen LogP contribution in [0.4, 0.5) is 11.5 Å². The molecule has 1 heterocycles. The van der Waals surface area contributed by atoms with Crippen molar-refractivity contribution in [1.29, 1.82) is 0 Å². The molecule has 2 rings (SSSR count). The molecule has 0 atom stereocenters. The van der Waals surface area contributed by atoms with Gasteiger partial charge in [0.05, 0.1) is 15.0 Å². The van der Waals surface area contributed by atoms with Crippen LogP contribution in [0.15, 0.2) is 18.3 Å². The van der Waals surface area contributed by atoms with Gasteiger partial charge in [-0.25, -0.2) is 4.68 Å². The summed E-state index contributed by atoms with van der Waals surface area (Å²) in [5, 5.41) is 15.0. The molecule has 0 spiro atoms. The zero-order chi connectivity index (χ0) is 13.4. The van der Waals surface area contributed by atoms with Gasteiger partial charge in [-0.2, -0.15) is 5.10 Å². The lowest BCUT2D eigenvalue weighted by Crippen LogP contribution is -1.99. The summed E-state index contributed by atoms with van der Waals surface area (Å²) in [5.74, 6) is 0.348. The lowest BCUT2D eigenvalue weighted by atomic mass is 10.3. The number of halogens is 2. The highest BCUT2D eigenvalue weighted by atomic mass is 35.5. The first-order chi connectivity index (χ1) is 8.40. The SMILES string of the molecule is Cc1cn(-c2c(Cl)cc([N+](=O)[O-])cc2Cl)nc1N. The topological polar surface area (TPSA) is 87.0 Å². The molecule has 0 fully saturated rings. The molecule has 1 aromatic carbocycles. The van der Waals surface area contributed by atoms with Crippen molar-refractivity contribution in [3.8, 4) is 5.69 Å². The average Bonchev–Trinajstić information content (AvgIpc) is 2.57. The van der Waals surface area contributed by atoms with Gasteiger partial charge in [0.25, 0.3) is 5.69 Å². The van der Waals surface area contributed by atoms with Crippen LogP contribution in [-0.2, 0) is 0 Å². The Morgan fingerprint density at radius 1 is 1.39 bits per heavy atom. The van der Waals surface area contributed by atoms with Crippen LogP contribution in [0.1, 0.15) is 5.56 Å². The Hall–Kier alpha value is -1.79. The molecule has 94 valence electrons. The van der Waals surface area contributed by atoms with Gasteiger partial charge in [0.15, 0.2) is 0 Å². The van der Waals surface area contributed by atoms with E-state index in [2.05, 4.69) is 5.10 Å². The van der Waals surface area contributed by atoms with E-state index in [1.165, 1.54) is 16.8 Å². The van der Waals surface area contributed by atoms with Crippen LogP contribution in [-0.4, -0.2) is 14.7 Å². The highest BCUT2D eigenvalue weighted by Crippen LogP contribution is 2.33.